The first kappa shape index (κ1) is 14.7. The number of hydrogen-bond donors (Lipinski definition) is 1. The fraction of sp³-hybridized carbons (Fsp3) is 0.278. The summed E-state index contributed by atoms with van der Waals surface area (Å²) in [6, 6.07) is 15.6. The maximum absolute atomic E-state index is 13.0. The van der Waals surface area contributed by atoms with Crippen LogP contribution in [0.5, 0.6) is 0 Å². The Morgan fingerprint density at radius 3 is 2.27 bits per heavy atom. The Morgan fingerprint density at radius 1 is 1.00 bits per heavy atom. The van der Waals surface area contributed by atoms with Crippen LogP contribution in [0.4, 0.5) is 10.1 Å². The van der Waals surface area contributed by atoms with E-state index in [0.29, 0.717) is 31.7 Å². The number of ether oxygens (including phenoxy) is 1. The molecule has 1 amide bonds. The van der Waals surface area contributed by atoms with E-state index in [1.807, 2.05) is 30.3 Å². The average molecular weight is 299 g/mol. The Morgan fingerprint density at radius 2 is 1.64 bits per heavy atom. The molecule has 4 heteroatoms. The van der Waals surface area contributed by atoms with Gasteiger partial charge in [0.1, 0.15) is 5.82 Å². The van der Waals surface area contributed by atoms with Crippen molar-refractivity contribution in [3.63, 3.8) is 0 Å². The Hall–Kier alpha value is -2.20. The minimum absolute atomic E-state index is 0.0615. The molecule has 1 aliphatic heterocycles. The summed E-state index contributed by atoms with van der Waals surface area (Å²) in [5, 5.41) is 2.92. The lowest BCUT2D eigenvalue weighted by Gasteiger charge is -2.36. The van der Waals surface area contributed by atoms with Crippen LogP contribution in [0.3, 0.4) is 0 Å². The molecule has 114 valence electrons. The topological polar surface area (TPSA) is 38.3 Å². The number of amides is 1. The maximum atomic E-state index is 13.0. The van der Waals surface area contributed by atoms with E-state index in [1.165, 1.54) is 12.1 Å². The van der Waals surface area contributed by atoms with Crippen molar-refractivity contribution in [3.8, 4) is 0 Å². The van der Waals surface area contributed by atoms with Gasteiger partial charge in [-0.1, -0.05) is 30.3 Å². The third-order valence-corrected chi connectivity index (χ3v) is 4.21. The van der Waals surface area contributed by atoms with Crippen molar-refractivity contribution in [2.75, 3.05) is 18.5 Å². The summed E-state index contributed by atoms with van der Waals surface area (Å²) in [7, 11) is 0. The van der Waals surface area contributed by atoms with Crippen LogP contribution in [0.1, 0.15) is 18.4 Å². The summed E-state index contributed by atoms with van der Waals surface area (Å²) in [6.07, 6.45) is 1.29. The van der Waals surface area contributed by atoms with Gasteiger partial charge in [-0.25, -0.2) is 4.39 Å². The van der Waals surface area contributed by atoms with Gasteiger partial charge in [-0.05, 0) is 42.7 Å². The molecule has 0 aromatic heterocycles. The number of rotatable bonds is 3. The molecule has 0 atom stereocenters. The van der Waals surface area contributed by atoms with Crippen molar-refractivity contribution < 1.29 is 13.9 Å². The van der Waals surface area contributed by atoms with E-state index in [4.69, 9.17) is 4.74 Å². The normalized spacial score (nSPS) is 17.0. The van der Waals surface area contributed by atoms with Crippen molar-refractivity contribution in [1.82, 2.24) is 0 Å². The third kappa shape index (κ3) is 2.88. The van der Waals surface area contributed by atoms with Gasteiger partial charge in [0.15, 0.2) is 0 Å². The first-order valence-corrected chi connectivity index (χ1v) is 7.41. The summed E-state index contributed by atoms with van der Waals surface area (Å²) in [4.78, 5) is 12.9. The van der Waals surface area contributed by atoms with Gasteiger partial charge < -0.3 is 10.1 Å². The zero-order valence-corrected chi connectivity index (χ0v) is 12.2. The smallest absolute Gasteiger partial charge is 0.235 e. The number of nitrogens with one attached hydrogen (secondary N) is 1. The number of hydrogen-bond acceptors (Lipinski definition) is 2. The number of halogens is 1. The standard InChI is InChI=1S/C18H18FNO2/c19-15-6-8-16(9-7-15)20-17(21)18(10-12-22-13-11-18)14-4-2-1-3-5-14/h1-9H,10-13H2,(H,20,21). The SMILES string of the molecule is O=C(Nc1ccc(F)cc1)C1(c2ccccc2)CCOCC1. The first-order chi connectivity index (χ1) is 10.7. The van der Waals surface area contributed by atoms with Gasteiger partial charge in [0, 0.05) is 18.9 Å². The van der Waals surface area contributed by atoms with Gasteiger partial charge in [-0.3, -0.25) is 4.79 Å². The fourth-order valence-corrected chi connectivity index (χ4v) is 2.91. The predicted octanol–water partition coefficient (Wildman–Crippen LogP) is 3.51. The highest BCUT2D eigenvalue weighted by Crippen LogP contribution is 2.36. The second-order valence-corrected chi connectivity index (χ2v) is 5.52. The van der Waals surface area contributed by atoms with Gasteiger partial charge in [0.05, 0.1) is 5.41 Å². The largest absolute Gasteiger partial charge is 0.381 e. The zero-order chi connectivity index (χ0) is 15.4. The minimum atomic E-state index is -0.589. The second kappa shape index (κ2) is 6.28. The van der Waals surface area contributed by atoms with Crippen LogP contribution in [0.2, 0.25) is 0 Å². The van der Waals surface area contributed by atoms with E-state index < -0.39 is 5.41 Å². The van der Waals surface area contributed by atoms with E-state index >= 15 is 0 Å². The minimum Gasteiger partial charge on any atom is -0.381 e. The van der Waals surface area contributed by atoms with Crippen LogP contribution in [-0.4, -0.2) is 19.1 Å². The zero-order valence-electron chi connectivity index (χ0n) is 12.2. The molecule has 22 heavy (non-hydrogen) atoms. The monoisotopic (exact) mass is 299 g/mol. The molecular weight excluding hydrogens is 281 g/mol. The van der Waals surface area contributed by atoms with E-state index in [9.17, 15) is 9.18 Å². The molecule has 3 nitrogen and oxygen atoms in total. The van der Waals surface area contributed by atoms with Gasteiger partial charge in [0.25, 0.3) is 0 Å². The summed E-state index contributed by atoms with van der Waals surface area (Å²) >= 11 is 0. The molecule has 0 radical (unpaired) electrons. The molecule has 2 aromatic rings. The predicted molar refractivity (Wildman–Crippen MR) is 83.2 cm³/mol. The summed E-state index contributed by atoms with van der Waals surface area (Å²) in [5.41, 5.74) is 1.01. The Labute approximate surface area is 129 Å². The van der Waals surface area contributed by atoms with Crippen LogP contribution in [0.25, 0.3) is 0 Å². The van der Waals surface area contributed by atoms with E-state index in [-0.39, 0.29) is 11.7 Å². The lowest BCUT2D eigenvalue weighted by atomic mass is 9.73. The van der Waals surface area contributed by atoms with Crippen LogP contribution in [0.15, 0.2) is 54.6 Å². The first-order valence-electron chi connectivity index (χ1n) is 7.41. The molecule has 0 bridgehead atoms. The molecule has 3 rings (SSSR count). The number of carbonyl (C=O) groups is 1. The summed E-state index contributed by atoms with van der Waals surface area (Å²) < 4.78 is 18.4. The molecule has 1 saturated heterocycles. The number of anilines is 1. The lowest BCUT2D eigenvalue weighted by molar-refractivity contribution is -0.125. The number of benzene rings is 2. The molecule has 1 heterocycles. The molecule has 0 spiro atoms. The van der Waals surface area contributed by atoms with E-state index in [2.05, 4.69) is 5.32 Å². The molecule has 1 aliphatic rings. The van der Waals surface area contributed by atoms with Crippen LogP contribution in [-0.2, 0) is 14.9 Å². The van der Waals surface area contributed by atoms with Gasteiger partial charge in [-0.15, -0.1) is 0 Å². The van der Waals surface area contributed by atoms with Crippen molar-refractivity contribution in [2.45, 2.75) is 18.3 Å². The molecule has 0 saturated carbocycles. The van der Waals surface area contributed by atoms with Crippen molar-refractivity contribution in [3.05, 3.63) is 66.0 Å². The molecule has 2 aromatic carbocycles. The highest BCUT2D eigenvalue weighted by Gasteiger charge is 2.41. The highest BCUT2D eigenvalue weighted by atomic mass is 19.1. The third-order valence-electron chi connectivity index (χ3n) is 4.21. The van der Waals surface area contributed by atoms with Gasteiger partial charge in [-0.2, -0.15) is 0 Å². The van der Waals surface area contributed by atoms with E-state index in [0.717, 1.165) is 5.56 Å². The van der Waals surface area contributed by atoms with Gasteiger partial charge in [0.2, 0.25) is 5.91 Å². The Balaban J connectivity index is 1.89. The van der Waals surface area contributed by atoms with Gasteiger partial charge >= 0.3 is 0 Å². The molecule has 0 unspecified atom stereocenters. The molecule has 1 fully saturated rings. The van der Waals surface area contributed by atoms with Crippen molar-refractivity contribution >= 4 is 11.6 Å². The quantitative estimate of drug-likeness (QED) is 0.942. The second-order valence-electron chi connectivity index (χ2n) is 5.52. The van der Waals surface area contributed by atoms with Crippen LogP contribution in [0, 0.1) is 5.82 Å². The summed E-state index contributed by atoms with van der Waals surface area (Å²) in [6.45, 7) is 1.12. The lowest BCUT2D eigenvalue weighted by Crippen LogP contribution is -2.44. The molecular formula is C18H18FNO2. The Kier molecular flexibility index (Phi) is 4.20. The van der Waals surface area contributed by atoms with Crippen LogP contribution < -0.4 is 5.32 Å². The van der Waals surface area contributed by atoms with Crippen molar-refractivity contribution in [2.24, 2.45) is 0 Å². The molecule has 0 aliphatic carbocycles. The molecule has 1 N–H and O–H groups in total. The van der Waals surface area contributed by atoms with Crippen LogP contribution >= 0.6 is 0 Å². The number of carbonyl (C=O) groups excluding carboxylic acids is 1. The van der Waals surface area contributed by atoms with Crippen molar-refractivity contribution in [1.29, 1.82) is 0 Å². The highest BCUT2D eigenvalue weighted by molar-refractivity contribution is 5.99. The fourth-order valence-electron chi connectivity index (χ4n) is 2.91. The Bertz CT molecular complexity index is 634. The van der Waals surface area contributed by atoms with E-state index in [1.54, 1.807) is 12.1 Å². The maximum Gasteiger partial charge on any atom is 0.235 e. The average Bonchev–Trinajstić information content (AvgIpc) is 2.58. The summed E-state index contributed by atoms with van der Waals surface area (Å²) in [5.74, 6) is -0.379.